The zero-order valence-corrected chi connectivity index (χ0v) is 27.8. The van der Waals surface area contributed by atoms with Crippen LogP contribution in [0.25, 0.3) is 0 Å². The lowest BCUT2D eigenvalue weighted by Crippen LogP contribution is -2.50. The fourth-order valence-electron chi connectivity index (χ4n) is 4.73. The molecule has 2 rings (SSSR count). The molecule has 18 nitrogen and oxygen atoms in total. The second-order valence-corrected chi connectivity index (χ2v) is 11.2. The van der Waals surface area contributed by atoms with Gasteiger partial charge in [-0.2, -0.15) is 0 Å². The van der Waals surface area contributed by atoms with E-state index in [0.29, 0.717) is 38.3 Å². The van der Waals surface area contributed by atoms with Gasteiger partial charge in [0.05, 0.1) is 39.4 Å². The van der Waals surface area contributed by atoms with E-state index in [0.717, 1.165) is 6.42 Å². The number of ether oxygens (including phenoxy) is 3. The first-order valence-electron chi connectivity index (χ1n) is 16.1. The highest BCUT2D eigenvalue weighted by Crippen LogP contribution is 2.13. The summed E-state index contributed by atoms with van der Waals surface area (Å²) < 4.78 is 15.5. The fourth-order valence-corrected chi connectivity index (χ4v) is 4.73. The molecule has 0 spiro atoms. The van der Waals surface area contributed by atoms with Crippen molar-refractivity contribution in [3.05, 3.63) is 29.8 Å². The summed E-state index contributed by atoms with van der Waals surface area (Å²) in [6.07, 6.45) is -0.125. The quantitative estimate of drug-likeness (QED) is 0.0701. The first-order valence-corrected chi connectivity index (χ1v) is 16.1. The lowest BCUT2D eigenvalue weighted by Gasteiger charge is -2.32. The first-order chi connectivity index (χ1) is 23.4. The molecule has 49 heavy (non-hydrogen) atoms. The zero-order chi connectivity index (χ0) is 36.0. The number of aliphatic carboxylic acids is 3. The Kier molecular flexibility index (Phi) is 19.2. The Morgan fingerprint density at radius 2 is 1.10 bits per heavy atom. The molecule has 0 radical (unpaired) electrons. The number of nitrogens with zero attached hydrogens (tertiary/aromatic N) is 4. The highest BCUT2D eigenvalue weighted by molar-refractivity contribution is 5.94. The Morgan fingerprint density at radius 1 is 0.633 bits per heavy atom. The second-order valence-electron chi connectivity index (χ2n) is 11.2. The number of carboxylic acids is 3. The largest absolute Gasteiger partial charge is 0.513 e. The molecule has 18 heteroatoms. The van der Waals surface area contributed by atoms with E-state index in [2.05, 4.69) is 10.6 Å². The van der Waals surface area contributed by atoms with E-state index in [1.807, 2.05) is 11.8 Å². The maximum absolute atomic E-state index is 12.7. The molecular formula is C31H48N6O12. The van der Waals surface area contributed by atoms with Crippen molar-refractivity contribution in [1.82, 2.24) is 30.2 Å². The molecule has 0 atom stereocenters. The van der Waals surface area contributed by atoms with Crippen molar-refractivity contribution in [1.29, 1.82) is 0 Å². The van der Waals surface area contributed by atoms with Gasteiger partial charge in [-0.1, -0.05) is 6.92 Å². The molecule has 0 bridgehead atoms. The average Bonchev–Trinajstić information content (AvgIpc) is 3.04. The van der Waals surface area contributed by atoms with Gasteiger partial charge in [0, 0.05) is 71.0 Å². The van der Waals surface area contributed by atoms with Crippen molar-refractivity contribution in [2.75, 3.05) is 111 Å². The van der Waals surface area contributed by atoms with Crippen molar-refractivity contribution >= 4 is 35.9 Å². The average molecular weight is 697 g/mol. The number of carbonyl (C=O) groups excluding carboxylic acids is 3. The van der Waals surface area contributed by atoms with Crippen LogP contribution in [-0.2, 0) is 28.7 Å². The summed E-state index contributed by atoms with van der Waals surface area (Å²) in [4.78, 5) is 77.6. The highest BCUT2D eigenvalue weighted by atomic mass is 16.7. The standard InChI is InChI=1S/C31H48N6O12/c1-2-7-33-30(45)24-3-5-25(6-4-24)49-31(46)48-19-18-47-17-8-32-26(38)20-34-9-11-35(21-27(39)40)13-15-37(23-29(43)44)16-14-36(12-10-34)22-28(41)42/h3-6H,2,7-23H2,1H3,(H,32,38)(H,33,45)(H,39,40)(H,41,42)(H,43,44). The molecule has 1 aromatic rings. The van der Waals surface area contributed by atoms with Crippen molar-refractivity contribution in [2.45, 2.75) is 13.3 Å². The molecule has 274 valence electrons. The summed E-state index contributed by atoms with van der Waals surface area (Å²) in [5.41, 5.74) is 0.436. The van der Waals surface area contributed by atoms with Gasteiger partial charge in [-0.05, 0) is 30.7 Å². The van der Waals surface area contributed by atoms with Gasteiger partial charge in [0.15, 0.2) is 0 Å². The fraction of sp³-hybridized carbons (Fsp3) is 0.613. The molecule has 1 aromatic carbocycles. The van der Waals surface area contributed by atoms with Crippen LogP contribution in [0.2, 0.25) is 0 Å². The van der Waals surface area contributed by atoms with Gasteiger partial charge in [-0.15, -0.1) is 0 Å². The molecule has 1 aliphatic heterocycles. The van der Waals surface area contributed by atoms with Crippen LogP contribution < -0.4 is 15.4 Å². The summed E-state index contributed by atoms with van der Waals surface area (Å²) in [7, 11) is 0. The maximum atomic E-state index is 12.7. The SMILES string of the molecule is CCCNC(=O)c1ccc(OC(=O)OCCOCCNC(=O)CN2CCN(CC(=O)O)CCN(CC(=O)O)CCN(CC(=O)O)CC2)cc1. The van der Waals surface area contributed by atoms with Gasteiger partial charge in [-0.3, -0.25) is 43.6 Å². The minimum atomic E-state index is -1.04. The summed E-state index contributed by atoms with van der Waals surface area (Å²) in [5.74, 6) is -3.42. The Morgan fingerprint density at radius 3 is 1.55 bits per heavy atom. The van der Waals surface area contributed by atoms with Crippen molar-refractivity contribution in [3.63, 3.8) is 0 Å². The van der Waals surface area contributed by atoms with Crippen LogP contribution in [0.4, 0.5) is 4.79 Å². The molecule has 1 fully saturated rings. The van der Waals surface area contributed by atoms with E-state index >= 15 is 0 Å². The summed E-state index contributed by atoms with van der Waals surface area (Å²) >= 11 is 0. The minimum Gasteiger partial charge on any atom is -0.480 e. The number of nitrogens with one attached hydrogen (secondary N) is 2. The number of benzene rings is 1. The Bertz CT molecular complexity index is 1190. The molecule has 0 unspecified atom stereocenters. The molecule has 1 heterocycles. The van der Waals surface area contributed by atoms with E-state index in [1.54, 1.807) is 14.7 Å². The van der Waals surface area contributed by atoms with Crippen LogP contribution in [0.1, 0.15) is 23.7 Å². The molecular weight excluding hydrogens is 648 g/mol. The van der Waals surface area contributed by atoms with E-state index in [4.69, 9.17) is 14.2 Å². The lowest BCUT2D eigenvalue weighted by atomic mass is 10.2. The monoisotopic (exact) mass is 696 g/mol. The number of carboxylic acid groups (broad SMARTS) is 3. The zero-order valence-electron chi connectivity index (χ0n) is 27.8. The Balaban J connectivity index is 1.76. The van der Waals surface area contributed by atoms with Gasteiger partial charge in [0.25, 0.3) is 5.91 Å². The number of hydrogen-bond donors (Lipinski definition) is 5. The van der Waals surface area contributed by atoms with Crippen molar-refractivity contribution in [3.8, 4) is 5.75 Å². The van der Waals surface area contributed by atoms with E-state index in [-0.39, 0.29) is 96.3 Å². The normalized spacial score (nSPS) is 15.7. The molecule has 5 N–H and O–H groups in total. The van der Waals surface area contributed by atoms with Crippen molar-refractivity contribution < 1.29 is 58.3 Å². The topological polar surface area (TPSA) is 228 Å². The Hall–Kier alpha value is -4.36. The van der Waals surface area contributed by atoms with Crippen LogP contribution in [0.3, 0.4) is 0 Å². The predicted octanol–water partition coefficient (Wildman–Crippen LogP) is -1.05. The number of hydrogen-bond acceptors (Lipinski definition) is 13. The molecule has 0 saturated carbocycles. The maximum Gasteiger partial charge on any atom is 0.513 e. The third-order valence-corrected chi connectivity index (χ3v) is 7.24. The third kappa shape index (κ3) is 18.7. The molecule has 2 amide bonds. The molecule has 1 aliphatic rings. The molecule has 0 aromatic heterocycles. The smallest absolute Gasteiger partial charge is 0.480 e. The van der Waals surface area contributed by atoms with E-state index in [9.17, 15) is 44.1 Å². The highest BCUT2D eigenvalue weighted by Gasteiger charge is 2.21. The number of rotatable bonds is 18. The predicted molar refractivity (Wildman–Crippen MR) is 174 cm³/mol. The lowest BCUT2D eigenvalue weighted by molar-refractivity contribution is -0.140. The van der Waals surface area contributed by atoms with Crippen LogP contribution in [0, 0.1) is 0 Å². The number of carbonyl (C=O) groups is 6. The second kappa shape index (κ2) is 23.1. The van der Waals surface area contributed by atoms with Gasteiger partial charge >= 0.3 is 24.1 Å². The molecule has 1 saturated heterocycles. The number of amides is 2. The van der Waals surface area contributed by atoms with Gasteiger partial charge in [0.1, 0.15) is 12.4 Å². The minimum absolute atomic E-state index is 0.0215. The van der Waals surface area contributed by atoms with Crippen LogP contribution >= 0.6 is 0 Å². The van der Waals surface area contributed by atoms with E-state index in [1.165, 1.54) is 24.3 Å². The van der Waals surface area contributed by atoms with Crippen LogP contribution in [0.15, 0.2) is 24.3 Å². The third-order valence-electron chi connectivity index (χ3n) is 7.24. The molecule has 0 aliphatic carbocycles. The summed E-state index contributed by atoms with van der Waals surface area (Å²) in [6, 6.07) is 6.03. The summed E-state index contributed by atoms with van der Waals surface area (Å²) in [6.45, 7) is 4.35. The van der Waals surface area contributed by atoms with Gasteiger partial charge in [-0.25, -0.2) is 4.79 Å². The van der Waals surface area contributed by atoms with Crippen LogP contribution in [0.5, 0.6) is 5.75 Å². The first kappa shape index (κ1) is 40.8. The van der Waals surface area contributed by atoms with Gasteiger partial charge < -0.3 is 40.2 Å². The van der Waals surface area contributed by atoms with Crippen molar-refractivity contribution in [2.24, 2.45) is 0 Å². The Labute approximate surface area is 284 Å². The van der Waals surface area contributed by atoms with Gasteiger partial charge in [0.2, 0.25) is 5.91 Å². The summed E-state index contributed by atoms with van der Waals surface area (Å²) in [5, 5.41) is 33.5. The van der Waals surface area contributed by atoms with E-state index < -0.39 is 24.1 Å². The van der Waals surface area contributed by atoms with Crippen LogP contribution in [-0.4, -0.2) is 182 Å².